The summed E-state index contributed by atoms with van der Waals surface area (Å²) in [4.78, 5) is 13.9. The van der Waals surface area contributed by atoms with Gasteiger partial charge < -0.3 is 10.6 Å². The number of fused-ring (bicyclic) bond motifs is 1. The zero-order chi connectivity index (χ0) is 20.1. The Balaban J connectivity index is 1.45. The van der Waals surface area contributed by atoms with Crippen molar-refractivity contribution in [3.8, 4) is 0 Å². The molecule has 29 heavy (non-hydrogen) atoms. The fourth-order valence-electron chi connectivity index (χ4n) is 3.62. The molecule has 4 rings (SSSR count). The summed E-state index contributed by atoms with van der Waals surface area (Å²) in [5, 5.41) is 11.0. The monoisotopic (exact) mass is 400 g/mol. The largest absolute Gasteiger partial charge is 0.343 e. The van der Waals surface area contributed by atoms with E-state index in [9.17, 15) is 4.79 Å². The van der Waals surface area contributed by atoms with E-state index in [4.69, 9.17) is 0 Å². The van der Waals surface area contributed by atoms with Gasteiger partial charge in [0.15, 0.2) is 0 Å². The van der Waals surface area contributed by atoms with Crippen LogP contribution in [0.15, 0.2) is 90.3 Å². The van der Waals surface area contributed by atoms with Crippen molar-refractivity contribution < 1.29 is 4.79 Å². The zero-order valence-electron chi connectivity index (χ0n) is 16.3. The Bertz CT molecular complexity index is 1070. The highest BCUT2D eigenvalue weighted by molar-refractivity contribution is 7.10. The Labute approximate surface area is 175 Å². The summed E-state index contributed by atoms with van der Waals surface area (Å²) in [5.74, 6) is -0.0145. The molecule has 0 aliphatic carbocycles. The summed E-state index contributed by atoms with van der Waals surface area (Å²) in [6, 6.07) is 28.8. The van der Waals surface area contributed by atoms with Gasteiger partial charge >= 0.3 is 0 Å². The first-order valence-electron chi connectivity index (χ1n) is 9.81. The Kier molecular flexibility index (Phi) is 6.03. The summed E-state index contributed by atoms with van der Waals surface area (Å²) in [6.07, 6.45) is 0. The van der Waals surface area contributed by atoms with Crippen molar-refractivity contribution >= 4 is 28.0 Å². The van der Waals surface area contributed by atoms with E-state index in [1.54, 1.807) is 11.3 Å². The average Bonchev–Trinajstić information content (AvgIpc) is 3.30. The standard InChI is InChI=1S/C25H24N2OS/c1-18(21-14-7-12-19-9-5-6-13-22(19)21)26-17-24(28)27-25(23-15-8-16-29-23)20-10-3-2-4-11-20/h2-16,18,25-26H,17H2,1H3,(H,27,28)/t18-,25+/m1/s1. The number of rotatable bonds is 7. The molecule has 4 aromatic rings. The van der Waals surface area contributed by atoms with E-state index in [-0.39, 0.29) is 24.5 Å². The fraction of sp³-hybridized carbons (Fsp3) is 0.160. The number of thiophene rings is 1. The van der Waals surface area contributed by atoms with Crippen LogP contribution in [0.4, 0.5) is 0 Å². The van der Waals surface area contributed by atoms with Gasteiger partial charge in [-0.25, -0.2) is 0 Å². The van der Waals surface area contributed by atoms with E-state index in [2.05, 4.69) is 72.2 Å². The highest BCUT2D eigenvalue weighted by Crippen LogP contribution is 2.26. The third-order valence-electron chi connectivity index (χ3n) is 5.12. The van der Waals surface area contributed by atoms with Crippen LogP contribution in [0.2, 0.25) is 0 Å². The smallest absolute Gasteiger partial charge is 0.234 e. The van der Waals surface area contributed by atoms with Gasteiger partial charge in [-0.1, -0.05) is 78.9 Å². The second-order valence-corrected chi connectivity index (χ2v) is 8.08. The first kappa shape index (κ1) is 19.4. The van der Waals surface area contributed by atoms with Gasteiger partial charge in [-0.15, -0.1) is 11.3 Å². The average molecular weight is 401 g/mol. The van der Waals surface area contributed by atoms with Crippen molar-refractivity contribution in [3.05, 3.63) is 106 Å². The molecule has 2 atom stereocenters. The number of benzene rings is 3. The van der Waals surface area contributed by atoms with Gasteiger partial charge in [-0.3, -0.25) is 4.79 Å². The van der Waals surface area contributed by atoms with Crippen molar-refractivity contribution in [1.29, 1.82) is 0 Å². The van der Waals surface area contributed by atoms with Crippen molar-refractivity contribution in [1.82, 2.24) is 10.6 Å². The molecule has 4 heteroatoms. The van der Waals surface area contributed by atoms with Crippen LogP contribution in [-0.2, 0) is 4.79 Å². The van der Waals surface area contributed by atoms with E-state index in [1.165, 1.54) is 16.3 Å². The first-order valence-corrected chi connectivity index (χ1v) is 10.7. The Hall–Kier alpha value is -2.95. The lowest BCUT2D eigenvalue weighted by atomic mass is 10.00. The SMILES string of the molecule is C[C@@H](NCC(=O)N[C@@H](c1ccccc1)c1cccs1)c1cccc2ccccc12. The van der Waals surface area contributed by atoms with E-state index in [1.807, 2.05) is 35.7 Å². The maximum absolute atomic E-state index is 12.8. The van der Waals surface area contributed by atoms with Crippen LogP contribution < -0.4 is 10.6 Å². The molecule has 146 valence electrons. The highest BCUT2D eigenvalue weighted by atomic mass is 32.1. The van der Waals surface area contributed by atoms with Crippen molar-refractivity contribution in [2.24, 2.45) is 0 Å². The molecular weight excluding hydrogens is 376 g/mol. The van der Waals surface area contributed by atoms with Crippen LogP contribution in [0, 0.1) is 0 Å². The molecule has 0 aliphatic rings. The number of carbonyl (C=O) groups is 1. The van der Waals surface area contributed by atoms with E-state index in [0.29, 0.717) is 0 Å². The van der Waals surface area contributed by atoms with E-state index < -0.39 is 0 Å². The van der Waals surface area contributed by atoms with Crippen molar-refractivity contribution in [3.63, 3.8) is 0 Å². The van der Waals surface area contributed by atoms with Crippen molar-refractivity contribution in [2.75, 3.05) is 6.54 Å². The number of hydrogen-bond donors (Lipinski definition) is 2. The molecule has 3 nitrogen and oxygen atoms in total. The van der Waals surface area contributed by atoms with Gasteiger partial charge in [0.1, 0.15) is 0 Å². The molecule has 0 saturated heterocycles. The molecular formula is C25H24N2OS. The number of amides is 1. The van der Waals surface area contributed by atoms with Gasteiger partial charge in [0.25, 0.3) is 0 Å². The molecule has 0 aliphatic heterocycles. The molecule has 0 bridgehead atoms. The minimum atomic E-state index is -0.127. The summed E-state index contributed by atoms with van der Waals surface area (Å²) in [7, 11) is 0. The predicted molar refractivity (Wildman–Crippen MR) is 121 cm³/mol. The molecule has 0 fully saturated rings. The Morgan fingerprint density at radius 3 is 2.45 bits per heavy atom. The van der Waals surface area contributed by atoms with Crippen LogP contribution in [0.5, 0.6) is 0 Å². The van der Waals surface area contributed by atoms with E-state index >= 15 is 0 Å². The molecule has 0 spiro atoms. The zero-order valence-corrected chi connectivity index (χ0v) is 17.2. The fourth-order valence-corrected chi connectivity index (χ4v) is 4.42. The summed E-state index contributed by atoms with van der Waals surface area (Å²) in [5.41, 5.74) is 2.29. The van der Waals surface area contributed by atoms with E-state index in [0.717, 1.165) is 10.4 Å². The lowest BCUT2D eigenvalue weighted by Gasteiger charge is -2.20. The maximum atomic E-state index is 12.8. The van der Waals surface area contributed by atoms with Gasteiger partial charge in [0.05, 0.1) is 12.6 Å². The normalized spacial score (nSPS) is 13.1. The van der Waals surface area contributed by atoms with Crippen molar-refractivity contribution in [2.45, 2.75) is 19.0 Å². The topological polar surface area (TPSA) is 41.1 Å². The Morgan fingerprint density at radius 2 is 1.66 bits per heavy atom. The Morgan fingerprint density at radius 1 is 0.897 bits per heavy atom. The number of carbonyl (C=O) groups excluding carboxylic acids is 1. The quantitative estimate of drug-likeness (QED) is 0.433. The summed E-state index contributed by atoms with van der Waals surface area (Å²) >= 11 is 1.66. The van der Waals surface area contributed by atoms with Crippen LogP contribution >= 0.6 is 11.3 Å². The van der Waals surface area contributed by atoms with Gasteiger partial charge in [0, 0.05) is 10.9 Å². The summed E-state index contributed by atoms with van der Waals surface area (Å²) < 4.78 is 0. The second-order valence-electron chi connectivity index (χ2n) is 7.10. The number of nitrogens with one attached hydrogen (secondary N) is 2. The third-order valence-corrected chi connectivity index (χ3v) is 6.06. The molecule has 0 saturated carbocycles. The molecule has 3 aromatic carbocycles. The predicted octanol–water partition coefficient (Wildman–Crippen LogP) is 5.46. The second kappa shape index (κ2) is 9.03. The summed E-state index contributed by atoms with van der Waals surface area (Å²) in [6.45, 7) is 2.36. The molecule has 1 aromatic heterocycles. The number of hydrogen-bond acceptors (Lipinski definition) is 3. The van der Waals surface area contributed by atoms with Gasteiger partial charge in [-0.05, 0) is 40.3 Å². The van der Waals surface area contributed by atoms with Crippen LogP contribution in [0.25, 0.3) is 10.8 Å². The lowest BCUT2D eigenvalue weighted by molar-refractivity contribution is -0.120. The van der Waals surface area contributed by atoms with Gasteiger partial charge in [0.2, 0.25) is 5.91 Å². The van der Waals surface area contributed by atoms with Gasteiger partial charge in [-0.2, -0.15) is 0 Å². The molecule has 1 heterocycles. The third kappa shape index (κ3) is 4.56. The molecule has 0 radical (unpaired) electrons. The molecule has 0 unspecified atom stereocenters. The molecule has 1 amide bonds. The first-order chi connectivity index (χ1) is 14.2. The van der Waals surface area contributed by atoms with Crippen LogP contribution in [0.1, 0.15) is 35.0 Å². The minimum absolute atomic E-state index is 0.0145. The highest BCUT2D eigenvalue weighted by Gasteiger charge is 2.18. The minimum Gasteiger partial charge on any atom is -0.343 e. The van der Waals surface area contributed by atoms with Crippen LogP contribution in [-0.4, -0.2) is 12.5 Å². The maximum Gasteiger partial charge on any atom is 0.234 e. The van der Waals surface area contributed by atoms with Crippen LogP contribution in [0.3, 0.4) is 0 Å². The molecule has 2 N–H and O–H groups in total. The lowest BCUT2D eigenvalue weighted by Crippen LogP contribution is -2.37.